The second kappa shape index (κ2) is 6.09. The van der Waals surface area contributed by atoms with Gasteiger partial charge in [-0.2, -0.15) is 4.98 Å². The average Bonchev–Trinajstić information content (AvgIpc) is 3.11. The van der Waals surface area contributed by atoms with E-state index in [1.807, 2.05) is 30.3 Å². The number of fused-ring (bicyclic) bond motifs is 1. The number of anilines is 1. The fourth-order valence-corrected chi connectivity index (χ4v) is 3.83. The van der Waals surface area contributed by atoms with Crippen LogP contribution in [-0.4, -0.2) is 25.7 Å². The molecule has 0 saturated heterocycles. The van der Waals surface area contributed by atoms with Crippen molar-refractivity contribution in [2.75, 3.05) is 5.32 Å². The van der Waals surface area contributed by atoms with Crippen molar-refractivity contribution < 1.29 is 9.90 Å². The van der Waals surface area contributed by atoms with E-state index < -0.39 is 0 Å². The van der Waals surface area contributed by atoms with E-state index in [0.717, 1.165) is 35.2 Å². The predicted octanol–water partition coefficient (Wildman–Crippen LogP) is 3.67. The largest absolute Gasteiger partial charge is 0.508 e. The number of rotatable bonds is 2. The van der Waals surface area contributed by atoms with Gasteiger partial charge in [-0.1, -0.05) is 30.3 Å². The van der Waals surface area contributed by atoms with Crippen molar-refractivity contribution in [3.05, 3.63) is 71.4 Å². The molecule has 0 radical (unpaired) electrons. The number of nitrogens with one attached hydrogen (secondary N) is 1. The van der Waals surface area contributed by atoms with Crippen molar-refractivity contribution in [1.82, 2.24) is 14.8 Å². The van der Waals surface area contributed by atoms with E-state index in [4.69, 9.17) is 5.10 Å². The first-order chi connectivity index (χ1) is 13.2. The number of benzene rings is 2. The molecule has 1 atom stereocenters. The summed E-state index contributed by atoms with van der Waals surface area (Å²) in [5.74, 6) is 1.57. The van der Waals surface area contributed by atoms with Gasteiger partial charge in [0.25, 0.3) is 0 Å². The highest BCUT2D eigenvalue weighted by molar-refractivity contribution is 5.99. The average molecular weight is 358 g/mol. The van der Waals surface area contributed by atoms with Crippen LogP contribution in [0.25, 0.3) is 11.4 Å². The van der Waals surface area contributed by atoms with Crippen LogP contribution in [-0.2, 0) is 4.79 Å². The summed E-state index contributed by atoms with van der Waals surface area (Å²) in [6, 6.07) is 16.5. The van der Waals surface area contributed by atoms with E-state index >= 15 is 0 Å². The molecule has 0 amide bonds. The Labute approximate surface area is 156 Å². The van der Waals surface area contributed by atoms with Gasteiger partial charge in [0.15, 0.2) is 11.6 Å². The van der Waals surface area contributed by atoms with E-state index in [9.17, 15) is 9.90 Å². The van der Waals surface area contributed by atoms with Gasteiger partial charge in [0.05, 0.1) is 0 Å². The summed E-state index contributed by atoms with van der Waals surface area (Å²) in [6.07, 6.45) is 2.26. The van der Waals surface area contributed by atoms with Crippen molar-refractivity contribution in [2.24, 2.45) is 0 Å². The SMILES string of the molecule is O=C1CCCC2=C1C(c1ccccc1)n1nc(-c3ccc(O)cc3)nc1N2. The van der Waals surface area contributed by atoms with Crippen LogP contribution in [0.1, 0.15) is 30.9 Å². The molecule has 0 saturated carbocycles. The normalized spacial score (nSPS) is 18.7. The Kier molecular flexibility index (Phi) is 3.57. The van der Waals surface area contributed by atoms with Gasteiger partial charge in [0.2, 0.25) is 5.95 Å². The molecule has 6 nitrogen and oxygen atoms in total. The molecular weight excluding hydrogens is 340 g/mol. The van der Waals surface area contributed by atoms with Crippen molar-refractivity contribution in [3.8, 4) is 17.1 Å². The molecule has 5 rings (SSSR count). The number of nitrogens with zero attached hydrogens (tertiary/aromatic N) is 3. The maximum absolute atomic E-state index is 12.7. The molecular formula is C21H18N4O2. The van der Waals surface area contributed by atoms with E-state index in [0.29, 0.717) is 18.2 Å². The molecule has 2 N–H and O–H groups in total. The molecule has 2 heterocycles. The standard InChI is InChI=1S/C21H18N4O2/c26-15-11-9-14(10-12-15)20-23-21-22-16-7-4-8-17(27)18(16)19(25(21)24-20)13-5-2-1-3-6-13/h1-3,5-6,9-12,19,26H,4,7-8H2,(H,22,23,24). The number of Topliss-reactive ketones (excluding diaryl/α,β-unsaturated/α-hetero) is 1. The van der Waals surface area contributed by atoms with Gasteiger partial charge < -0.3 is 10.4 Å². The Morgan fingerprint density at radius 3 is 2.59 bits per heavy atom. The van der Waals surface area contributed by atoms with Crippen LogP contribution in [0.5, 0.6) is 5.75 Å². The van der Waals surface area contributed by atoms with Crippen LogP contribution in [0, 0.1) is 0 Å². The Hall–Kier alpha value is -3.41. The maximum Gasteiger partial charge on any atom is 0.226 e. The zero-order valence-corrected chi connectivity index (χ0v) is 14.6. The summed E-state index contributed by atoms with van der Waals surface area (Å²) in [4.78, 5) is 17.4. The molecule has 1 aliphatic carbocycles. The molecule has 134 valence electrons. The van der Waals surface area contributed by atoms with Crippen molar-refractivity contribution in [1.29, 1.82) is 0 Å². The van der Waals surface area contributed by atoms with Crippen LogP contribution in [0.15, 0.2) is 65.9 Å². The molecule has 0 bridgehead atoms. The Morgan fingerprint density at radius 2 is 1.81 bits per heavy atom. The van der Waals surface area contributed by atoms with Gasteiger partial charge in [0, 0.05) is 23.3 Å². The lowest BCUT2D eigenvalue weighted by Gasteiger charge is -2.32. The Morgan fingerprint density at radius 1 is 1.04 bits per heavy atom. The van der Waals surface area contributed by atoms with E-state index in [-0.39, 0.29) is 17.6 Å². The van der Waals surface area contributed by atoms with Crippen LogP contribution >= 0.6 is 0 Å². The number of carbonyl (C=O) groups is 1. The quantitative estimate of drug-likeness (QED) is 0.731. The lowest BCUT2D eigenvalue weighted by atomic mass is 9.85. The van der Waals surface area contributed by atoms with Gasteiger partial charge in [-0.15, -0.1) is 5.10 Å². The lowest BCUT2D eigenvalue weighted by Crippen LogP contribution is -2.31. The number of phenols is 1. The van der Waals surface area contributed by atoms with Gasteiger partial charge in [-0.05, 0) is 42.7 Å². The molecule has 6 heteroatoms. The zero-order valence-electron chi connectivity index (χ0n) is 14.6. The van der Waals surface area contributed by atoms with Gasteiger partial charge in [0.1, 0.15) is 11.8 Å². The van der Waals surface area contributed by atoms with E-state index in [1.54, 1.807) is 28.9 Å². The molecule has 27 heavy (non-hydrogen) atoms. The lowest BCUT2D eigenvalue weighted by molar-refractivity contribution is -0.116. The summed E-state index contributed by atoms with van der Waals surface area (Å²) in [6.45, 7) is 0. The fourth-order valence-electron chi connectivity index (χ4n) is 3.83. The summed E-state index contributed by atoms with van der Waals surface area (Å²) in [5.41, 5.74) is 3.58. The van der Waals surface area contributed by atoms with E-state index in [1.165, 1.54) is 0 Å². The fraction of sp³-hybridized carbons (Fsp3) is 0.190. The third-order valence-corrected chi connectivity index (χ3v) is 5.11. The van der Waals surface area contributed by atoms with Crippen LogP contribution < -0.4 is 5.32 Å². The highest BCUT2D eigenvalue weighted by atomic mass is 16.3. The summed E-state index contributed by atoms with van der Waals surface area (Å²) in [7, 11) is 0. The van der Waals surface area contributed by atoms with E-state index in [2.05, 4.69) is 10.3 Å². The minimum atomic E-state index is -0.274. The third-order valence-electron chi connectivity index (χ3n) is 5.11. The van der Waals surface area contributed by atoms with Gasteiger partial charge in [-0.25, -0.2) is 4.68 Å². The molecule has 2 aliphatic rings. The number of ketones is 1. The van der Waals surface area contributed by atoms with Gasteiger partial charge >= 0.3 is 0 Å². The smallest absolute Gasteiger partial charge is 0.226 e. The highest BCUT2D eigenvalue weighted by Gasteiger charge is 2.36. The minimum Gasteiger partial charge on any atom is -0.508 e. The molecule has 3 aromatic rings. The molecule has 0 spiro atoms. The second-order valence-electron chi connectivity index (χ2n) is 6.86. The maximum atomic E-state index is 12.7. The number of hydrogen-bond acceptors (Lipinski definition) is 5. The number of aromatic hydroxyl groups is 1. The summed E-state index contributed by atoms with van der Waals surface area (Å²) >= 11 is 0. The monoisotopic (exact) mass is 358 g/mol. The number of carbonyl (C=O) groups excluding carboxylic acids is 1. The Balaban J connectivity index is 1.67. The number of hydrogen-bond donors (Lipinski definition) is 2. The molecule has 2 aromatic carbocycles. The molecule has 0 fully saturated rings. The highest BCUT2D eigenvalue weighted by Crippen LogP contribution is 2.40. The van der Waals surface area contributed by atoms with Crippen LogP contribution in [0.4, 0.5) is 5.95 Å². The molecule has 1 aromatic heterocycles. The molecule has 1 unspecified atom stereocenters. The molecule has 1 aliphatic heterocycles. The first-order valence-corrected chi connectivity index (χ1v) is 9.05. The van der Waals surface area contributed by atoms with Crippen LogP contribution in [0.2, 0.25) is 0 Å². The number of allylic oxidation sites excluding steroid dienone is 2. The van der Waals surface area contributed by atoms with Crippen molar-refractivity contribution in [3.63, 3.8) is 0 Å². The number of aromatic nitrogens is 3. The second-order valence-corrected chi connectivity index (χ2v) is 6.86. The minimum absolute atomic E-state index is 0.171. The Bertz CT molecular complexity index is 1050. The first kappa shape index (κ1) is 15.8. The zero-order chi connectivity index (χ0) is 18.4. The topological polar surface area (TPSA) is 80.0 Å². The van der Waals surface area contributed by atoms with Crippen LogP contribution in [0.3, 0.4) is 0 Å². The van der Waals surface area contributed by atoms with Crippen molar-refractivity contribution in [2.45, 2.75) is 25.3 Å². The summed E-state index contributed by atoms with van der Waals surface area (Å²) in [5, 5.41) is 17.6. The third kappa shape index (κ3) is 2.61. The predicted molar refractivity (Wildman–Crippen MR) is 101 cm³/mol. The van der Waals surface area contributed by atoms with Crippen molar-refractivity contribution >= 4 is 11.7 Å². The number of phenolic OH excluding ortho intramolecular Hbond substituents is 1. The summed E-state index contributed by atoms with van der Waals surface area (Å²) < 4.78 is 1.81. The first-order valence-electron chi connectivity index (χ1n) is 9.05. The van der Waals surface area contributed by atoms with Gasteiger partial charge in [-0.3, -0.25) is 4.79 Å².